The number of aliphatic hydroxyl groups is 1. The van der Waals surface area contributed by atoms with Crippen LogP contribution in [0, 0.1) is 13.8 Å². The number of amides is 1. The fourth-order valence-electron chi connectivity index (χ4n) is 3.86. The topological polar surface area (TPSA) is 99.4 Å². The van der Waals surface area contributed by atoms with Gasteiger partial charge in [0.1, 0.15) is 17.6 Å². The minimum atomic E-state index is -0.947. The highest BCUT2D eigenvalue weighted by Crippen LogP contribution is 2.41. The number of anilines is 1. The number of carbonyl (C=O) groups is 2. The molecule has 2 N–H and O–H groups in total. The molecule has 0 radical (unpaired) electrons. The molecule has 2 aromatic heterocycles. The number of nitrogens with zero attached hydrogens (tertiary/aromatic N) is 2. The lowest BCUT2D eigenvalue weighted by Crippen LogP contribution is -2.30. The van der Waals surface area contributed by atoms with Crippen LogP contribution in [0.2, 0.25) is 0 Å². The maximum Gasteiger partial charge on any atom is 0.302 e. The van der Waals surface area contributed by atoms with Crippen LogP contribution < -0.4 is 4.90 Å². The largest absolute Gasteiger partial charge is 0.507 e. The normalized spacial score (nSPS) is 18.3. The maximum atomic E-state index is 13.1. The molecule has 2 aromatic carbocycles. The van der Waals surface area contributed by atoms with Crippen molar-refractivity contribution in [1.29, 1.82) is 0 Å². The highest BCUT2D eigenvalue weighted by Gasteiger charge is 2.49. The lowest BCUT2D eigenvalue weighted by atomic mass is 9.97. The highest BCUT2D eigenvalue weighted by molar-refractivity contribution is 6.51. The van der Waals surface area contributed by atoms with E-state index in [0.717, 1.165) is 16.6 Å². The van der Waals surface area contributed by atoms with E-state index in [-0.39, 0.29) is 17.3 Å². The molecule has 1 unspecified atom stereocenters. The highest BCUT2D eigenvalue weighted by atomic mass is 16.3. The first-order chi connectivity index (χ1) is 15.0. The summed E-state index contributed by atoms with van der Waals surface area (Å²) in [5, 5.41) is 11.1. The fourth-order valence-corrected chi connectivity index (χ4v) is 3.86. The maximum absolute atomic E-state index is 13.1. The van der Waals surface area contributed by atoms with Crippen molar-refractivity contribution in [2.75, 3.05) is 4.90 Å². The zero-order valence-electron chi connectivity index (χ0n) is 16.9. The number of para-hydroxylation sites is 2. The number of hydrogen-bond donors (Lipinski definition) is 2. The number of benzene rings is 2. The van der Waals surface area contributed by atoms with Gasteiger partial charge in [-0.05, 0) is 55.3 Å². The minimum Gasteiger partial charge on any atom is -0.507 e. The molecule has 1 saturated heterocycles. The number of fused-ring (bicyclic) bond motifs is 1. The Morgan fingerprint density at radius 2 is 1.87 bits per heavy atom. The average Bonchev–Trinajstić information content (AvgIpc) is 3.48. The van der Waals surface area contributed by atoms with Gasteiger partial charge < -0.3 is 14.5 Å². The summed E-state index contributed by atoms with van der Waals surface area (Å²) < 4.78 is 5.57. The van der Waals surface area contributed by atoms with Crippen LogP contribution in [-0.2, 0) is 9.59 Å². The van der Waals surface area contributed by atoms with Gasteiger partial charge in [0.25, 0.3) is 5.78 Å². The molecule has 1 aliphatic heterocycles. The van der Waals surface area contributed by atoms with Crippen LogP contribution in [0.1, 0.15) is 28.5 Å². The summed E-state index contributed by atoms with van der Waals surface area (Å²) in [5.41, 5.74) is 3.83. The summed E-state index contributed by atoms with van der Waals surface area (Å²) in [6.07, 6.45) is 1.46. The zero-order chi connectivity index (χ0) is 21.7. The molecular weight excluding hydrogens is 394 g/mol. The summed E-state index contributed by atoms with van der Waals surface area (Å²) >= 11 is 0. The number of aromatic amines is 1. The van der Waals surface area contributed by atoms with Gasteiger partial charge in [-0.3, -0.25) is 14.5 Å². The third kappa shape index (κ3) is 2.93. The molecule has 154 valence electrons. The molecule has 3 heterocycles. The third-order valence-electron chi connectivity index (χ3n) is 5.64. The molecule has 5 rings (SSSR count). The first-order valence-electron chi connectivity index (χ1n) is 9.82. The van der Waals surface area contributed by atoms with Crippen molar-refractivity contribution >= 4 is 34.4 Å². The monoisotopic (exact) mass is 413 g/mol. The first kappa shape index (κ1) is 18.9. The molecule has 1 fully saturated rings. The Morgan fingerprint density at radius 1 is 1.06 bits per heavy atom. The third-order valence-corrected chi connectivity index (χ3v) is 5.64. The van der Waals surface area contributed by atoms with Crippen molar-refractivity contribution in [1.82, 2.24) is 9.97 Å². The number of imidazole rings is 1. The van der Waals surface area contributed by atoms with E-state index in [1.807, 2.05) is 44.2 Å². The van der Waals surface area contributed by atoms with Crippen LogP contribution in [-0.4, -0.2) is 26.8 Å². The number of aryl methyl sites for hydroxylation is 2. The van der Waals surface area contributed by atoms with Gasteiger partial charge in [-0.15, -0.1) is 0 Å². The first-order valence-corrected chi connectivity index (χ1v) is 9.82. The van der Waals surface area contributed by atoms with Crippen LogP contribution in [0.15, 0.2) is 70.9 Å². The standard InChI is InChI=1S/C24H19N3O4/c1-13-9-10-15(12-14(13)2)21(28)19-20(18-8-5-11-31-18)27(23(30)22(19)29)24-25-16-6-3-4-7-17(16)26-24/h3-12,20,28H,1-2H3,(H,25,26)/b21-19+. The Hall–Kier alpha value is -4.13. The molecule has 4 aromatic rings. The number of Topliss-reactive ketones (excluding diaryl/α,β-unsaturated/α-hetero) is 1. The van der Waals surface area contributed by atoms with Crippen LogP contribution in [0.5, 0.6) is 0 Å². The molecular formula is C24H19N3O4. The van der Waals surface area contributed by atoms with E-state index in [1.165, 1.54) is 11.2 Å². The van der Waals surface area contributed by atoms with Gasteiger partial charge >= 0.3 is 5.91 Å². The van der Waals surface area contributed by atoms with Gasteiger partial charge in [0, 0.05) is 5.56 Å². The van der Waals surface area contributed by atoms with Crippen molar-refractivity contribution in [2.45, 2.75) is 19.9 Å². The van der Waals surface area contributed by atoms with Crippen LogP contribution in [0.4, 0.5) is 5.95 Å². The molecule has 7 heteroatoms. The van der Waals surface area contributed by atoms with Crippen LogP contribution >= 0.6 is 0 Å². The van der Waals surface area contributed by atoms with Gasteiger partial charge in [0.2, 0.25) is 5.95 Å². The molecule has 0 spiro atoms. The van der Waals surface area contributed by atoms with E-state index in [2.05, 4.69) is 9.97 Å². The van der Waals surface area contributed by atoms with E-state index in [0.29, 0.717) is 16.8 Å². The predicted molar refractivity (Wildman–Crippen MR) is 116 cm³/mol. The second-order valence-corrected chi connectivity index (χ2v) is 7.56. The van der Waals surface area contributed by atoms with E-state index in [4.69, 9.17) is 4.42 Å². The number of carbonyl (C=O) groups excluding carboxylic acids is 2. The molecule has 0 aliphatic carbocycles. The summed E-state index contributed by atoms with van der Waals surface area (Å²) in [6.45, 7) is 3.88. The van der Waals surface area contributed by atoms with Crippen molar-refractivity contribution in [3.05, 3.63) is 88.9 Å². The number of hydrogen-bond acceptors (Lipinski definition) is 5. The molecule has 1 atom stereocenters. The Bertz CT molecular complexity index is 1330. The predicted octanol–water partition coefficient (Wildman–Crippen LogP) is 4.40. The Balaban J connectivity index is 1.72. The summed E-state index contributed by atoms with van der Waals surface area (Å²) in [5.74, 6) is -1.27. The average molecular weight is 413 g/mol. The van der Waals surface area contributed by atoms with Crippen LogP contribution in [0.3, 0.4) is 0 Å². The van der Waals surface area contributed by atoms with Crippen molar-refractivity contribution in [3.8, 4) is 0 Å². The number of aliphatic hydroxyl groups excluding tert-OH is 1. The van der Waals surface area contributed by atoms with Gasteiger partial charge in [0.05, 0.1) is 22.9 Å². The Kier molecular flexibility index (Phi) is 4.25. The van der Waals surface area contributed by atoms with E-state index in [9.17, 15) is 14.7 Å². The van der Waals surface area contributed by atoms with E-state index >= 15 is 0 Å². The SMILES string of the molecule is Cc1ccc(/C(O)=C2\C(=O)C(=O)N(c3nc4ccccc4[nH]3)C2c2ccco2)cc1C. The van der Waals surface area contributed by atoms with Crippen molar-refractivity contribution in [3.63, 3.8) is 0 Å². The van der Waals surface area contributed by atoms with Gasteiger partial charge in [0.15, 0.2) is 0 Å². The minimum absolute atomic E-state index is 0.0383. The summed E-state index contributed by atoms with van der Waals surface area (Å²) in [7, 11) is 0. The number of H-pyrrole nitrogens is 1. The van der Waals surface area contributed by atoms with E-state index < -0.39 is 17.7 Å². The van der Waals surface area contributed by atoms with Crippen molar-refractivity contribution < 1.29 is 19.1 Å². The summed E-state index contributed by atoms with van der Waals surface area (Å²) in [6, 6.07) is 15.1. The van der Waals surface area contributed by atoms with Gasteiger partial charge in [-0.2, -0.15) is 0 Å². The Labute approximate surface area is 177 Å². The second-order valence-electron chi connectivity index (χ2n) is 7.56. The van der Waals surface area contributed by atoms with Crippen LogP contribution in [0.25, 0.3) is 16.8 Å². The van der Waals surface area contributed by atoms with Gasteiger partial charge in [-0.1, -0.05) is 24.3 Å². The molecule has 1 amide bonds. The quantitative estimate of drug-likeness (QED) is 0.295. The number of furan rings is 1. The molecule has 1 aliphatic rings. The smallest absolute Gasteiger partial charge is 0.302 e. The second kappa shape index (κ2) is 6.98. The van der Waals surface area contributed by atoms with Crippen molar-refractivity contribution in [2.24, 2.45) is 0 Å². The fraction of sp³-hybridized carbons (Fsp3) is 0.125. The number of aromatic nitrogens is 2. The van der Waals surface area contributed by atoms with E-state index in [1.54, 1.807) is 24.3 Å². The lowest BCUT2D eigenvalue weighted by molar-refractivity contribution is -0.132. The van der Waals surface area contributed by atoms with Gasteiger partial charge in [-0.25, -0.2) is 4.98 Å². The number of nitrogens with one attached hydrogen (secondary N) is 1. The molecule has 7 nitrogen and oxygen atoms in total. The number of rotatable bonds is 3. The lowest BCUT2D eigenvalue weighted by Gasteiger charge is -2.20. The molecule has 31 heavy (non-hydrogen) atoms. The molecule has 0 bridgehead atoms. The number of ketones is 1. The molecule has 0 saturated carbocycles. The summed E-state index contributed by atoms with van der Waals surface area (Å²) in [4.78, 5) is 35.0. The Morgan fingerprint density at radius 3 is 2.58 bits per heavy atom. The zero-order valence-corrected chi connectivity index (χ0v) is 16.9.